The standard InChI is InChI=1S/C21H16N2O2/c1-3-7-12-16(4-2)22-18-10-15-19(11-14(18)20(12)24)23-17-9-6-5-8-13(17)21(15)25/h3-11,22H,1H2,2H3,(H,23,25)/b12-7+,16-4+. The van der Waals surface area contributed by atoms with Crippen LogP contribution < -0.4 is 21.4 Å². The third kappa shape index (κ3) is 2.22. The molecule has 4 heteroatoms. The Morgan fingerprint density at radius 3 is 2.28 bits per heavy atom. The Balaban J connectivity index is 2.29. The van der Waals surface area contributed by atoms with Crippen LogP contribution in [0, 0.1) is 0 Å². The van der Waals surface area contributed by atoms with E-state index in [2.05, 4.69) is 16.5 Å². The molecule has 0 saturated heterocycles. The fourth-order valence-corrected chi connectivity index (χ4v) is 3.25. The first-order valence-corrected chi connectivity index (χ1v) is 8.04. The number of nitrogens with one attached hydrogen (secondary N) is 2. The molecule has 4 aromatic rings. The van der Waals surface area contributed by atoms with Crippen molar-refractivity contribution in [1.82, 2.24) is 9.97 Å². The summed E-state index contributed by atoms with van der Waals surface area (Å²) >= 11 is 0. The minimum atomic E-state index is -0.0855. The number of hydrogen-bond acceptors (Lipinski definition) is 2. The van der Waals surface area contributed by atoms with Gasteiger partial charge in [-0.3, -0.25) is 9.59 Å². The second kappa shape index (κ2) is 5.60. The number of para-hydroxylation sites is 1. The van der Waals surface area contributed by atoms with Crippen molar-refractivity contribution in [1.29, 1.82) is 0 Å². The van der Waals surface area contributed by atoms with Gasteiger partial charge in [0.15, 0.2) is 10.9 Å². The monoisotopic (exact) mass is 328 g/mol. The summed E-state index contributed by atoms with van der Waals surface area (Å²) in [6, 6.07) is 10.9. The zero-order chi connectivity index (χ0) is 17.6. The topological polar surface area (TPSA) is 65.7 Å². The highest BCUT2D eigenvalue weighted by Crippen LogP contribution is 2.18. The average Bonchev–Trinajstić information content (AvgIpc) is 2.63. The van der Waals surface area contributed by atoms with E-state index in [0.29, 0.717) is 37.8 Å². The molecular formula is C21H16N2O2. The van der Waals surface area contributed by atoms with E-state index in [1.165, 1.54) is 0 Å². The normalized spacial score (nSPS) is 13.2. The van der Waals surface area contributed by atoms with Crippen molar-refractivity contribution in [3.8, 4) is 0 Å². The molecule has 0 fully saturated rings. The Morgan fingerprint density at radius 1 is 0.880 bits per heavy atom. The van der Waals surface area contributed by atoms with Crippen LogP contribution in [0.1, 0.15) is 6.92 Å². The molecule has 0 atom stereocenters. The number of fused-ring (bicyclic) bond motifs is 3. The summed E-state index contributed by atoms with van der Waals surface area (Å²) in [5, 5.41) is 3.01. The maximum atomic E-state index is 12.9. The lowest BCUT2D eigenvalue weighted by atomic mass is 10.1. The summed E-state index contributed by atoms with van der Waals surface area (Å²) in [6.45, 7) is 5.54. The van der Waals surface area contributed by atoms with Gasteiger partial charge in [0.2, 0.25) is 0 Å². The van der Waals surface area contributed by atoms with Gasteiger partial charge >= 0.3 is 0 Å². The zero-order valence-corrected chi connectivity index (χ0v) is 13.7. The third-order valence-corrected chi connectivity index (χ3v) is 4.47. The SMILES string of the molecule is C=C/C=c1/c(=O)c2cc3[nH]c4ccccc4c(=O)c3cc2[nH]/c1=C/C. The number of hydrogen-bond donors (Lipinski definition) is 2. The second-order valence-corrected chi connectivity index (χ2v) is 5.92. The minimum Gasteiger partial charge on any atom is -0.355 e. The van der Waals surface area contributed by atoms with Gasteiger partial charge in [0.25, 0.3) is 0 Å². The number of aromatic nitrogens is 2. The molecule has 4 nitrogen and oxygen atoms in total. The molecule has 0 bridgehead atoms. The van der Waals surface area contributed by atoms with Crippen LogP contribution in [0.4, 0.5) is 0 Å². The van der Waals surface area contributed by atoms with Gasteiger partial charge < -0.3 is 9.97 Å². The van der Waals surface area contributed by atoms with Gasteiger partial charge in [0.05, 0.1) is 11.0 Å². The lowest BCUT2D eigenvalue weighted by Gasteiger charge is -2.05. The van der Waals surface area contributed by atoms with E-state index in [0.717, 1.165) is 5.52 Å². The van der Waals surface area contributed by atoms with E-state index in [9.17, 15) is 9.59 Å². The highest BCUT2D eigenvalue weighted by molar-refractivity contribution is 5.99. The molecule has 0 aliphatic rings. The maximum Gasteiger partial charge on any atom is 0.197 e. The fraction of sp³-hybridized carbons (Fsp3) is 0.0476. The predicted molar refractivity (Wildman–Crippen MR) is 104 cm³/mol. The van der Waals surface area contributed by atoms with Gasteiger partial charge in [-0.15, -0.1) is 0 Å². The predicted octanol–water partition coefficient (Wildman–Crippen LogP) is 2.29. The molecule has 0 aliphatic heterocycles. The fourth-order valence-electron chi connectivity index (χ4n) is 3.25. The van der Waals surface area contributed by atoms with Crippen LogP contribution in [0.3, 0.4) is 0 Å². The Kier molecular flexibility index (Phi) is 3.39. The Morgan fingerprint density at radius 2 is 1.56 bits per heavy atom. The molecule has 122 valence electrons. The lowest BCUT2D eigenvalue weighted by molar-refractivity contribution is 1.26. The molecule has 0 saturated carbocycles. The third-order valence-electron chi connectivity index (χ3n) is 4.47. The van der Waals surface area contributed by atoms with E-state index >= 15 is 0 Å². The van der Waals surface area contributed by atoms with Gasteiger partial charge in [0.1, 0.15) is 0 Å². The average molecular weight is 328 g/mol. The summed E-state index contributed by atoms with van der Waals surface area (Å²) in [5.41, 5.74) is 1.92. The second-order valence-electron chi connectivity index (χ2n) is 5.92. The van der Waals surface area contributed by atoms with Gasteiger partial charge in [-0.1, -0.05) is 30.9 Å². The van der Waals surface area contributed by atoms with E-state index < -0.39 is 0 Å². The van der Waals surface area contributed by atoms with E-state index in [-0.39, 0.29) is 10.9 Å². The van der Waals surface area contributed by atoms with Gasteiger partial charge in [-0.2, -0.15) is 0 Å². The van der Waals surface area contributed by atoms with Crippen molar-refractivity contribution in [2.24, 2.45) is 0 Å². The number of H-pyrrole nitrogens is 2. The number of aromatic amines is 2. The molecule has 2 aromatic carbocycles. The zero-order valence-electron chi connectivity index (χ0n) is 13.7. The van der Waals surface area contributed by atoms with Crippen LogP contribution in [0.25, 0.3) is 44.9 Å². The Bertz CT molecular complexity index is 1410. The van der Waals surface area contributed by atoms with Crippen LogP contribution in [-0.2, 0) is 0 Å². The van der Waals surface area contributed by atoms with E-state index in [4.69, 9.17) is 0 Å². The van der Waals surface area contributed by atoms with Crippen molar-refractivity contribution >= 4 is 44.9 Å². The van der Waals surface area contributed by atoms with Crippen molar-refractivity contribution < 1.29 is 0 Å². The number of benzene rings is 2. The summed E-state index contributed by atoms with van der Waals surface area (Å²) in [6.07, 6.45) is 5.13. The van der Waals surface area contributed by atoms with Crippen LogP contribution in [0.2, 0.25) is 0 Å². The first-order valence-electron chi connectivity index (χ1n) is 8.04. The molecular weight excluding hydrogens is 312 g/mol. The number of rotatable bonds is 1. The molecule has 25 heavy (non-hydrogen) atoms. The van der Waals surface area contributed by atoms with E-state index in [1.54, 1.807) is 30.4 Å². The molecule has 0 radical (unpaired) electrons. The quantitative estimate of drug-likeness (QED) is 0.527. The number of allylic oxidation sites excluding steroid dienone is 1. The first-order chi connectivity index (χ1) is 12.1. The molecule has 0 aliphatic carbocycles. The van der Waals surface area contributed by atoms with Gasteiger partial charge in [-0.05, 0) is 37.3 Å². The van der Waals surface area contributed by atoms with Crippen LogP contribution in [-0.4, -0.2) is 9.97 Å². The first kappa shape index (κ1) is 15.1. The molecule has 0 unspecified atom stereocenters. The van der Waals surface area contributed by atoms with Crippen molar-refractivity contribution in [3.63, 3.8) is 0 Å². The molecule has 2 N–H and O–H groups in total. The summed E-state index contributed by atoms with van der Waals surface area (Å²) in [5.74, 6) is 0. The van der Waals surface area contributed by atoms with E-state index in [1.807, 2.05) is 31.2 Å². The molecule has 0 spiro atoms. The Hall–Kier alpha value is -3.40. The summed E-state index contributed by atoms with van der Waals surface area (Å²) in [7, 11) is 0. The summed E-state index contributed by atoms with van der Waals surface area (Å²) < 4.78 is 0. The largest absolute Gasteiger partial charge is 0.355 e. The molecule has 2 aromatic heterocycles. The number of pyridine rings is 2. The van der Waals surface area contributed by atoms with Crippen LogP contribution in [0.5, 0.6) is 0 Å². The molecule has 4 rings (SSSR count). The highest BCUT2D eigenvalue weighted by Gasteiger charge is 2.09. The van der Waals surface area contributed by atoms with Crippen LogP contribution in [0.15, 0.2) is 58.6 Å². The van der Waals surface area contributed by atoms with Crippen molar-refractivity contribution in [2.45, 2.75) is 6.92 Å². The maximum absolute atomic E-state index is 12.9. The van der Waals surface area contributed by atoms with Crippen molar-refractivity contribution in [2.75, 3.05) is 0 Å². The Labute approximate surface area is 142 Å². The smallest absolute Gasteiger partial charge is 0.197 e. The van der Waals surface area contributed by atoms with Gasteiger partial charge in [-0.25, -0.2) is 0 Å². The van der Waals surface area contributed by atoms with Crippen molar-refractivity contribution in [3.05, 3.63) is 80.1 Å². The van der Waals surface area contributed by atoms with Gasteiger partial charge in [0, 0.05) is 32.2 Å². The highest BCUT2D eigenvalue weighted by atomic mass is 16.1. The lowest BCUT2D eigenvalue weighted by Crippen LogP contribution is -2.40. The molecule has 2 heterocycles. The summed E-state index contributed by atoms with van der Waals surface area (Å²) in [4.78, 5) is 32.2. The van der Waals surface area contributed by atoms with Crippen LogP contribution >= 0.6 is 0 Å². The molecule has 0 amide bonds. The minimum absolute atomic E-state index is 0.0455.